The summed E-state index contributed by atoms with van der Waals surface area (Å²) in [5.74, 6) is -0.306. The number of carbonyl (C=O) groups is 2. The Hall–Kier alpha value is -3.54. The zero-order valence-electron chi connectivity index (χ0n) is 16.3. The number of nitrogens with zero attached hydrogens (tertiary/aromatic N) is 2. The second-order valence-corrected chi connectivity index (χ2v) is 8.00. The quantitative estimate of drug-likeness (QED) is 0.744. The second-order valence-electron chi connectivity index (χ2n) is 8.00. The van der Waals surface area contributed by atoms with Crippen molar-refractivity contribution in [3.05, 3.63) is 88.0 Å². The topological polar surface area (TPSA) is 81.1 Å². The molecule has 1 aliphatic carbocycles. The van der Waals surface area contributed by atoms with Gasteiger partial charge < -0.3 is 5.32 Å². The van der Waals surface area contributed by atoms with Gasteiger partial charge in [0, 0.05) is 29.6 Å². The number of rotatable bonds is 3. The van der Waals surface area contributed by atoms with Crippen LogP contribution in [0.1, 0.15) is 46.7 Å². The summed E-state index contributed by atoms with van der Waals surface area (Å²) < 4.78 is 1.50. The van der Waals surface area contributed by atoms with Gasteiger partial charge in [-0.05, 0) is 42.2 Å². The molecule has 1 aliphatic rings. The second kappa shape index (κ2) is 7.13. The third-order valence-electron chi connectivity index (χ3n) is 5.05. The highest BCUT2D eigenvalue weighted by Gasteiger charge is 2.35. The van der Waals surface area contributed by atoms with E-state index in [9.17, 15) is 14.4 Å². The van der Waals surface area contributed by atoms with Crippen LogP contribution < -0.4 is 10.9 Å². The molecule has 0 fully saturated rings. The van der Waals surface area contributed by atoms with E-state index < -0.39 is 11.5 Å². The zero-order valence-corrected chi connectivity index (χ0v) is 16.3. The standard InChI is InChI=1S/C23H21N3O3/c1-23(2)13-18-16(19(27)14-23)12-17(21(28)25-20-10-6-7-11-24-20)22(29)26(18)15-8-4-3-5-9-15/h3-12H,13-14H2,1-2H3,(H,24,25,28). The first-order chi connectivity index (χ1) is 13.9. The largest absolute Gasteiger partial charge is 0.306 e. The summed E-state index contributed by atoms with van der Waals surface area (Å²) in [4.78, 5) is 43.2. The first-order valence-electron chi connectivity index (χ1n) is 9.46. The van der Waals surface area contributed by atoms with Gasteiger partial charge in [0.2, 0.25) is 0 Å². The molecule has 0 radical (unpaired) electrons. The molecule has 0 bridgehead atoms. The smallest absolute Gasteiger partial charge is 0.268 e. The van der Waals surface area contributed by atoms with Gasteiger partial charge in [-0.1, -0.05) is 38.1 Å². The molecule has 6 nitrogen and oxygen atoms in total. The number of pyridine rings is 2. The van der Waals surface area contributed by atoms with E-state index in [0.717, 1.165) is 0 Å². The Labute approximate surface area is 168 Å². The van der Waals surface area contributed by atoms with Gasteiger partial charge in [0.25, 0.3) is 11.5 Å². The van der Waals surface area contributed by atoms with E-state index in [2.05, 4.69) is 10.3 Å². The highest BCUT2D eigenvalue weighted by Crippen LogP contribution is 2.35. The fraction of sp³-hybridized carbons (Fsp3) is 0.217. The molecular formula is C23H21N3O3. The summed E-state index contributed by atoms with van der Waals surface area (Å²) >= 11 is 0. The monoisotopic (exact) mass is 387 g/mol. The molecule has 1 aromatic carbocycles. The molecule has 1 amide bonds. The number of benzene rings is 1. The van der Waals surface area contributed by atoms with E-state index in [1.165, 1.54) is 10.6 Å². The van der Waals surface area contributed by atoms with Crippen molar-refractivity contribution < 1.29 is 9.59 Å². The molecule has 0 spiro atoms. The molecule has 1 N–H and O–H groups in total. The molecule has 146 valence electrons. The Bertz CT molecular complexity index is 1150. The maximum absolute atomic E-state index is 13.4. The lowest BCUT2D eigenvalue weighted by Crippen LogP contribution is -2.37. The van der Waals surface area contributed by atoms with Crippen LogP contribution in [0.4, 0.5) is 5.82 Å². The third-order valence-corrected chi connectivity index (χ3v) is 5.05. The molecule has 2 heterocycles. The molecular weight excluding hydrogens is 366 g/mol. The maximum atomic E-state index is 13.4. The molecule has 0 aliphatic heterocycles. The molecule has 3 aromatic rings. The number of Topliss-reactive ketones (excluding diaryl/α,β-unsaturated/α-hetero) is 1. The van der Waals surface area contributed by atoms with Crippen molar-refractivity contribution in [2.45, 2.75) is 26.7 Å². The number of carbonyl (C=O) groups excluding carboxylic acids is 2. The number of hydrogen-bond acceptors (Lipinski definition) is 4. The van der Waals surface area contributed by atoms with Crippen LogP contribution in [0.15, 0.2) is 65.6 Å². The SMILES string of the molecule is CC1(C)CC(=O)c2cc(C(=O)Nc3ccccn3)c(=O)n(-c3ccccc3)c2C1. The first-order valence-corrected chi connectivity index (χ1v) is 9.46. The van der Waals surface area contributed by atoms with Gasteiger partial charge in [0.15, 0.2) is 5.78 Å². The van der Waals surface area contributed by atoms with Crippen molar-refractivity contribution in [3.63, 3.8) is 0 Å². The Kier molecular flexibility index (Phi) is 4.62. The highest BCUT2D eigenvalue weighted by atomic mass is 16.2. The molecule has 0 atom stereocenters. The molecule has 0 saturated carbocycles. The molecule has 4 rings (SSSR count). The summed E-state index contributed by atoms with van der Waals surface area (Å²) in [7, 11) is 0. The maximum Gasteiger partial charge on any atom is 0.268 e. The van der Waals surface area contributed by atoms with Gasteiger partial charge in [-0.2, -0.15) is 0 Å². The van der Waals surface area contributed by atoms with Crippen LogP contribution in [0.3, 0.4) is 0 Å². The summed E-state index contributed by atoms with van der Waals surface area (Å²) in [6.07, 6.45) is 2.49. The Morgan fingerprint density at radius 1 is 1.03 bits per heavy atom. The van der Waals surface area contributed by atoms with E-state index in [1.807, 2.05) is 32.0 Å². The van der Waals surface area contributed by atoms with Crippen molar-refractivity contribution in [2.75, 3.05) is 5.32 Å². The van der Waals surface area contributed by atoms with Crippen LogP contribution in [0, 0.1) is 5.41 Å². The normalized spacial score (nSPS) is 14.9. The number of ketones is 1. The summed E-state index contributed by atoms with van der Waals surface area (Å²) in [5.41, 5.74) is 0.924. The fourth-order valence-corrected chi connectivity index (χ4v) is 3.75. The first kappa shape index (κ1) is 18.8. The van der Waals surface area contributed by atoms with Crippen molar-refractivity contribution >= 4 is 17.5 Å². The summed E-state index contributed by atoms with van der Waals surface area (Å²) in [5, 5.41) is 2.64. The number of amides is 1. The van der Waals surface area contributed by atoms with Gasteiger partial charge in [-0.15, -0.1) is 0 Å². The fourth-order valence-electron chi connectivity index (χ4n) is 3.75. The van der Waals surface area contributed by atoms with Crippen molar-refractivity contribution in [1.82, 2.24) is 9.55 Å². The molecule has 0 saturated heterocycles. The van der Waals surface area contributed by atoms with Gasteiger partial charge in [0.1, 0.15) is 11.4 Å². The van der Waals surface area contributed by atoms with Crippen molar-refractivity contribution in [3.8, 4) is 5.69 Å². The minimum atomic E-state index is -0.584. The Balaban J connectivity index is 1.91. The molecule has 0 unspecified atom stereocenters. The van der Waals surface area contributed by atoms with Crippen LogP contribution in [-0.2, 0) is 6.42 Å². The highest BCUT2D eigenvalue weighted by molar-refractivity contribution is 6.06. The van der Waals surface area contributed by atoms with Gasteiger partial charge in [0.05, 0.1) is 0 Å². The molecule has 6 heteroatoms. The number of nitrogens with one attached hydrogen (secondary N) is 1. The number of fused-ring (bicyclic) bond motifs is 1. The number of aromatic nitrogens is 2. The Morgan fingerprint density at radius 2 is 1.76 bits per heavy atom. The van der Waals surface area contributed by atoms with Gasteiger partial charge >= 0.3 is 0 Å². The average Bonchev–Trinajstić information content (AvgIpc) is 2.68. The lowest BCUT2D eigenvalue weighted by atomic mass is 9.75. The third kappa shape index (κ3) is 3.61. The van der Waals surface area contributed by atoms with Crippen LogP contribution in [0.5, 0.6) is 0 Å². The van der Waals surface area contributed by atoms with E-state index in [-0.39, 0.29) is 16.8 Å². The lowest BCUT2D eigenvalue weighted by Gasteiger charge is -2.32. The average molecular weight is 387 g/mol. The summed E-state index contributed by atoms with van der Waals surface area (Å²) in [6.45, 7) is 4.02. The molecule has 29 heavy (non-hydrogen) atoms. The number of para-hydroxylation sites is 1. The van der Waals surface area contributed by atoms with E-state index in [1.54, 1.807) is 36.5 Å². The van der Waals surface area contributed by atoms with E-state index in [4.69, 9.17) is 0 Å². The molecule has 2 aromatic heterocycles. The predicted molar refractivity (Wildman–Crippen MR) is 111 cm³/mol. The van der Waals surface area contributed by atoms with Crippen molar-refractivity contribution in [2.24, 2.45) is 5.41 Å². The van der Waals surface area contributed by atoms with Crippen LogP contribution in [0.2, 0.25) is 0 Å². The van der Waals surface area contributed by atoms with E-state index in [0.29, 0.717) is 35.6 Å². The van der Waals surface area contributed by atoms with Crippen LogP contribution >= 0.6 is 0 Å². The minimum Gasteiger partial charge on any atom is -0.306 e. The van der Waals surface area contributed by atoms with Gasteiger partial charge in [-0.25, -0.2) is 4.98 Å². The van der Waals surface area contributed by atoms with E-state index >= 15 is 0 Å². The number of hydrogen-bond donors (Lipinski definition) is 1. The minimum absolute atomic E-state index is 0.0622. The van der Waals surface area contributed by atoms with Crippen molar-refractivity contribution in [1.29, 1.82) is 0 Å². The lowest BCUT2D eigenvalue weighted by molar-refractivity contribution is 0.0909. The van der Waals surface area contributed by atoms with Crippen LogP contribution in [0.25, 0.3) is 5.69 Å². The predicted octanol–water partition coefficient (Wildman–Crippen LogP) is 3.64. The number of anilines is 1. The summed E-state index contributed by atoms with van der Waals surface area (Å²) in [6, 6.07) is 15.7. The van der Waals surface area contributed by atoms with Crippen LogP contribution in [-0.4, -0.2) is 21.2 Å². The van der Waals surface area contributed by atoms with Gasteiger partial charge in [-0.3, -0.25) is 19.0 Å². The Morgan fingerprint density at radius 3 is 2.45 bits per heavy atom. The zero-order chi connectivity index (χ0) is 20.6.